The van der Waals surface area contributed by atoms with Crippen molar-refractivity contribution in [3.63, 3.8) is 0 Å². The van der Waals surface area contributed by atoms with Crippen molar-refractivity contribution in [3.05, 3.63) is 54.6 Å². The molecule has 22 heavy (non-hydrogen) atoms. The van der Waals surface area contributed by atoms with Crippen molar-refractivity contribution in [3.8, 4) is 5.75 Å². The Morgan fingerprint density at radius 3 is 2.00 bits per heavy atom. The Labute approximate surface area is 131 Å². The molecule has 0 radical (unpaired) electrons. The van der Waals surface area contributed by atoms with Crippen LogP contribution in [-0.4, -0.2) is 19.3 Å². The Morgan fingerprint density at radius 1 is 0.864 bits per heavy atom. The maximum Gasteiger partial charge on any atom is 0.135 e. The van der Waals surface area contributed by atoms with Crippen LogP contribution in [-0.2, 0) is 4.74 Å². The van der Waals surface area contributed by atoms with Crippen molar-refractivity contribution >= 4 is 21.5 Å². The molecule has 3 aromatic carbocycles. The molecule has 114 valence electrons. The summed E-state index contributed by atoms with van der Waals surface area (Å²) in [4.78, 5) is 0. The lowest BCUT2D eigenvalue weighted by atomic mass is 10.0. The number of hydrogen-bond acceptors (Lipinski definition) is 2. The van der Waals surface area contributed by atoms with Crippen LogP contribution in [0.2, 0.25) is 0 Å². The van der Waals surface area contributed by atoms with Crippen LogP contribution < -0.4 is 4.74 Å². The smallest absolute Gasteiger partial charge is 0.135 e. The molecule has 0 aliphatic rings. The molecule has 0 heterocycles. The van der Waals surface area contributed by atoms with Crippen molar-refractivity contribution < 1.29 is 9.47 Å². The van der Waals surface area contributed by atoms with E-state index in [2.05, 4.69) is 61.5 Å². The first-order valence-corrected chi connectivity index (χ1v) is 7.98. The van der Waals surface area contributed by atoms with Gasteiger partial charge in [-0.05, 0) is 30.2 Å². The molecule has 0 aromatic heterocycles. The highest BCUT2D eigenvalue weighted by atomic mass is 16.5. The molecule has 1 atom stereocenters. The zero-order valence-corrected chi connectivity index (χ0v) is 13.2. The van der Waals surface area contributed by atoms with Crippen molar-refractivity contribution in [2.24, 2.45) is 0 Å². The topological polar surface area (TPSA) is 18.5 Å². The molecule has 0 fully saturated rings. The van der Waals surface area contributed by atoms with Crippen LogP contribution in [0, 0.1) is 0 Å². The number of hydrogen-bond donors (Lipinski definition) is 0. The van der Waals surface area contributed by atoms with Crippen LogP contribution in [0.3, 0.4) is 0 Å². The first kappa shape index (κ1) is 14.9. The van der Waals surface area contributed by atoms with E-state index in [0.717, 1.165) is 29.5 Å². The average Bonchev–Trinajstić information content (AvgIpc) is 2.57. The second kappa shape index (κ2) is 6.80. The van der Waals surface area contributed by atoms with Gasteiger partial charge in [0.05, 0.1) is 6.10 Å². The third-order valence-corrected chi connectivity index (χ3v) is 3.99. The quantitative estimate of drug-likeness (QED) is 0.583. The van der Waals surface area contributed by atoms with E-state index >= 15 is 0 Å². The average molecular weight is 294 g/mol. The molecule has 3 aromatic rings. The number of ether oxygens (including phenoxy) is 2. The van der Waals surface area contributed by atoms with E-state index in [-0.39, 0.29) is 6.10 Å². The molecule has 0 saturated heterocycles. The molecule has 3 rings (SSSR count). The number of fused-ring (bicyclic) bond motifs is 2. The van der Waals surface area contributed by atoms with E-state index in [4.69, 9.17) is 9.47 Å². The Kier molecular flexibility index (Phi) is 4.59. The third-order valence-electron chi connectivity index (χ3n) is 3.99. The summed E-state index contributed by atoms with van der Waals surface area (Å²) in [6.07, 6.45) is 1.10. The minimum atomic E-state index is 0.141. The van der Waals surface area contributed by atoms with Gasteiger partial charge in [-0.1, -0.05) is 55.5 Å². The van der Waals surface area contributed by atoms with Crippen LogP contribution in [0.15, 0.2) is 54.6 Å². The molecule has 0 aliphatic carbocycles. The van der Waals surface area contributed by atoms with Crippen LogP contribution in [0.1, 0.15) is 20.3 Å². The second-order valence-electron chi connectivity index (χ2n) is 5.44. The first-order chi connectivity index (χ1) is 10.8. The lowest BCUT2D eigenvalue weighted by Crippen LogP contribution is -2.21. The van der Waals surface area contributed by atoms with Crippen LogP contribution in [0.25, 0.3) is 21.5 Å². The van der Waals surface area contributed by atoms with Gasteiger partial charge in [-0.3, -0.25) is 0 Å². The van der Waals surface area contributed by atoms with Crippen molar-refractivity contribution in [2.45, 2.75) is 26.4 Å². The van der Waals surface area contributed by atoms with Gasteiger partial charge in [0.15, 0.2) is 0 Å². The molecule has 2 nitrogen and oxygen atoms in total. The molecule has 1 unspecified atom stereocenters. The predicted molar refractivity (Wildman–Crippen MR) is 92.7 cm³/mol. The van der Waals surface area contributed by atoms with E-state index in [9.17, 15) is 0 Å². The minimum Gasteiger partial charge on any atom is -0.490 e. The summed E-state index contributed by atoms with van der Waals surface area (Å²) >= 11 is 0. The number of benzene rings is 3. The van der Waals surface area contributed by atoms with Gasteiger partial charge < -0.3 is 9.47 Å². The maximum atomic E-state index is 6.21. The summed E-state index contributed by atoms with van der Waals surface area (Å²) < 4.78 is 11.9. The Hall–Kier alpha value is -2.06. The lowest BCUT2D eigenvalue weighted by Gasteiger charge is -2.18. The number of rotatable bonds is 6. The highest BCUT2D eigenvalue weighted by Crippen LogP contribution is 2.34. The van der Waals surface area contributed by atoms with E-state index in [1.54, 1.807) is 0 Å². The van der Waals surface area contributed by atoms with Gasteiger partial charge in [0.25, 0.3) is 0 Å². The van der Waals surface area contributed by atoms with Gasteiger partial charge >= 0.3 is 0 Å². The summed E-state index contributed by atoms with van der Waals surface area (Å²) in [5, 5.41) is 4.74. The molecular weight excluding hydrogens is 272 g/mol. The van der Waals surface area contributed by atoms with Gasteiger partial charge in [0, 0.05) is 17.4 Å². The zero-order valence-electron chi connectivity index (χ0n) is 13.2. The molecule has 2 heteroatoms. The largest absolute Gasteiger partial charge is 0.490 e. The molecule has 0 amide bonds. The zero-order chi connectivity index (χ0) is 15.4. The maximum absolute atomic E-state index is 6.21. The summed E-state index contributed by atoms with van der Waals surface area (Å²) in [6.45, 7) is 5.46. The summed E-state index contributed by atoms with van der Waals surface area (Å²) in [6, 6.07) is 19.0. The van der Waals surface area contributed by atoms with Gasteiger partial charge in [0.1, 0.15) is 12.4 Å². The molecule has 0 saturated carbocycles. The first-order valence-electron chi connectivity index (χ1n) is 7.98. The van der Waals surface area contributed by atoms with E-state index in [0.29, 0.717) is 6.61 Å². The fraction of sp³-hybridized carbons (Fsp3) is 0.300. The van der Waals surface area contributed by atoms with E-state index < -0.39 is 0 Å². The summed E-state index contributed by atoms with van der Waals surface area (Å²) in [7, 11) is 0. The third kappa shape index (κ3) is 2.93. The highest BCUT2D eigenvalue weighted by molar-refractivity contribution is 6.05. The summed E-state index contributed by atoms with van der Waals surface area (Å²) in [5.41, 5.74) is 0. The van der Waals surface area contributed by atoms with E-state index in [1.165, 1.54) is 10.8 Å². The molecule has 0 bridgehead atoms. The van der Waals surface area contributed by atoms with Gasteiger partial charge in [-0.2, -0.15) is 0 Å². The van der Waals surface area contributed by atoms with Gasteiger partial charge in [-0.15, -0.1) is 0 Å². The van der Waals surface area contributed by atoms with Gasteiger partial charge in [-0.25, -0.2) is 0 Å². The van der Waals surface area contributed by atoms with E-state index in [1.807, 2.05) is 6.92 Å². The van der Waals surface area contributed by atoms with Crippen molar-refractivity contribution in [1.82, 2.24) is 0 Å². The second-order valence-corrected chi connectivity index (χ2v) is 5.44. The molecular formula is C20H22O2. The predicted octanol–water partition coefficient (Wildman–Crippen LogP) is 5.19. The Bertz CT molecular complexity index is 710. The SMILES string of the molecule is CCOC(CC)COc1c2ccccc2cc2ccccc12. The Morgan fingerprint density at radius 2 is 1.45 bits per heavy atom. The highest BCUT2D eigenvalue weighted by Gasteiger charge is 2.12. The fourth-order valence-electron chi connectivity index (χ4n) is 2.82. The lowest BCUT2D eigenvalue weighted by molar-refractivity contribution is 0.0263. The normalized spacial score (nSPS) is 12.6. The van der Waals surface area contributed by atoms with Crippen LogP contribution in [0.4, 0.5) is 0 Å². The molecule has 0 N–H and O–H groups in total. The Balaban J connectivity index is 2.04. The van der Waals surface area contributed by atoms with Crippen LogP contribution >= 0.6 is 0 Å². The summed E-state index contributed by atoms with van der Waals surface area (Å²) in [5.74, 6) is 0.965. The monoisotopic (exact) mass is 294 g/mol. The van der Waals surface area contributed by atoms with Gasteiger partial charge in [0.2, 0.25) is 0 Å². The van der Waals surface area contributed by atoms with Crippen molar-refractivity contribution in [2.75, 3.05) is 13.2 Å². The van der Waals surface area contributed by atoms with Crippen LogP contribution in [0.5, 0.6) is 5.75 Å². The fourth-order valence-corrected chi connectivity index (χ4v) is 2.82. The standard InChI is InChI=1S/C20H22O2/c1-3-17(21-4-2)14-22-20-18-11-7-5-9-15(18)13-16-10-6-8-12-19(16)20/h5-13,17H,3-4,14H2,1-2H3. The molecule has 0 spiro atoms. The minimum absolute atomic E-state index is 0.141. The van der Waals surface area contributed by atoms with Crippen molar-refractivity contribution in [1.29, 1.82) is 0 Å². The molecule has 0 aliphatic heterocycles.